The lowest BCUT2D eigenvalue weighted by Crippen LogP contribution is -2.37. The number of aryl methyl sites for hydroxylation is 2. The van der Waals surface area contributed by atoms with Crippen molar-refractivity contribution in [2.24, 2.45) is 0 Å². The van der Waals surface area contributed by atoms with Gasteiger partial charge in [0.25, 0.3) is 5.91 Å². The first kappa shape index (κ1) is 46.2. The van der Waals surface area contributed by atoms with E-state index >= 15 is 0 Å². The van der Waals surface area contributed by atoms with Gasteiger partial charge in [-0.05, 0) is 62.9 Å². The van der Waals surface area contributed by atoms with Crippen LogP contribution in [0, 0.1) is 13.8 Å². The van der Waals surface area contributed by atoms with Crippen LogP contribution in [-0.2, 0) is 20.7 Å². The highest BCUT2D eigenvalue weighted by molar-refractivity contribution is 6.06. The third kappa shape index (κ3) is 10.7. The molecule has 5 heterocycles. The Morgan fingerprint density at radius 2 is 1.30 bits per heavy atom. The predicted molar refractivity (Wildman–Crippen MR) is 238 cm³/mol. The van der Waals surface area contributed by atoms with Crippen molar-refractivity contribution in [1.82, 2.24) is 30.6 Å². The van der Waals surface area contributed by atoms with Crippen molar-refractivity contribution in [2.75, 3.05) is 75.6 Å². The monoisotopic (exact) mass is 827 g/mol. The first-order valence-electron chi connectivity index (χ1n) is 21.6. The highest BCUT2D eigenvalue weighted by Gasteiger charge is 2.34. The van der Waals surface area contributed by atoms with Crippen molar-refractivity contribution in [2.45, 2.75) is 104 Å². The number of nitrogens with one attached hydrogen (secondary N) is 4. The maximum atomic E-state index is 14.5. The van der Waals surface area contributed by atoms with E-state index in [1.165, 1.54) is 7.11 Å². The van der Waals surface area contributed by atoms with Crippen molar-refractivity contribution >= 4 is 45.6 Å². The SMILES string of the molecule is CC[C@H]1c2cc3[nH]c(c(CC(=O)OC)c4nc(cc5[nH]c(cc(n2)[C@@H]1C)c(C(C)=O)c5C)[C@@H](C)[C@@H]4CCC(=O)NCCC[N+](C)(C)C)c(C(=O)NCCC[N+](C)(C)C)c3C. The minimum Gasteiger partial charge on any atom is -0.469 e. The number of hydrogen-bond donors (Lipinski definition) is 4. The molecule has 0 aliphatic carbocycles. The quantitative estimate of drug-likeness (QED) is 0.0532. The summed E-state index contributed by atoms with van der Waals surface area (Å²) in [6.07, 6.45) is 3.05. The molecule has 3 aromatic heterocycles. The molecule has 3 aromatic rings. The van der Waals surface area contributed by atoms with Crippen LogP contribution in [0.2, 0.25) is 0 Å². The molecule has 0 spiro atoms. The number of ketones is 1. The number of nitrogens with zero attached hydrogens (tertiary/aromatic N) is 4. The molecule has 0 aromatic carbocycles. The Kier molecular flexibility index (Phi) is 14.5. The van der Waals surface area contributed by atoms with E-state index in [0.717, 1.165) is 80.6 Å². The predicted octanol–water partition coefficient (Wildman–Crippen LogP) is 6.85. The molecule has 2 aliphatic heterocycles. The summed E-state index contributed by atoms with van der Waals surface area (Å²) in [5.41, 5.74) is 8.96. The van der Waals surface area contributed by atoms with Crippen molar-refractivity contribution in [3.63, 3.8) is 0 Å². The van der Waals surface area contributed by atoms with Crippen LogP contribution in [-0.4, -0.2) is 128 Å². The fraction of sp³-hybridized carbons (Fsp3) is 0.574. The molecule has 8 bridgehead atoms. The van der Waals surface area contributed by atoms with Gasteiger partial charge in [0.1, 0.15) is 0 Å². The topological polar surface area (TPSA) is 159 Å². The molecule has 0 unspecified atom stereocenters. The number of carbonyl (C=O) groups is 4. The minimum absolute atomic E-state index is 0.0469. The summed E-state index contributed by atoms with van der Waals surface area (Å²) in [6.45, 7) is 14.7. The fourth-order valence-electron chi connectivity index (χ4n) is 8.85. The second-order valence-electron chi connectivity index (χ2n) is 19.0. The summed E-state index contributed by atoms with van der Waals surface area (Å²) in [4.78, 5) is 72.2. The summed E-state index contributed by atoms with van der Waals surface area (Å²) in [5, 5.41) is 6.29. The molecule has 0 saturated heterocycles. The average molecular weight is 827 g/mol. The number of fused-ring (bicyclic) bond motifs is 8. The average Bonchev–Trinajstić information content (AvgIpc) is 3.85. The number of esters is 1. The zero-order valence-electron chi connectivity index (χ0n) is 38.4. The summed E-state index contributed by atoms with van der Waals surface area (Å²) < 4.78 is 6.89. The van der Waals surface area contributed by atoms with Gasteiger partial charge in [-0.2, -0.15) is 0 Å². The number of aromatic amines is 2. The second kappa shape index (κ2) is 18.8. The van der Waals surface area contributed by atoms with Crippen LogP contribution >= 0.6 is 0 Å². The molecule has 4 N–H and O–H groups in total. The molecule has 5 rings (SSSR count). The van der Waals surface area contributed by atoms with Crippen LogP contribution in [0.5, 0.6) is 0 Å². The molecule has 0 saturated carbocycles. The Hall–Kier alpha value is -4.88. The van der Waals surface area contributed by atoms with Gasteiger partial charge in [-0.3, -0.25) is 29.1 Å². The number of aromatic nitrogens is 4. The molecule has 2 amide bonds. The van der Waals surface area contributed by atoms with Crippen LogP contribution in [0.15, 0.2) is 18.2 Å². The normalized spacial score (nSPS) is 18.0. The molecule has 60 heavy (non-hydrogen) atoms. The lowest BCUT2D eigenvalue weighted by atomic mass is 9.85. The molecule has 2 aliphatic rings. The first-order chi connectivity index (χ1) is 28.1. The number of amides is 2. The Morgan fingerprint density at radius 3 is 1.90 bits per heavy atom. The largest absolute Gasteiger partial charge is 0.469 e. The lowest BCUT2D eigenvalue weighted by Gasteiger charge is -2.23. The van der Waals surface area contributed by atoms with Crippen LogP contribution < -0.4 is 10.6 Å². The lowest BCUT2D eigenvalue weighted by molar-refractivity contribution is -0.870. The molecule has 13 nitrogen and oxygen atoms in total. The van der Waals surface area contributed by atoms with Gasteiger partial charge in [0, 0.05) is 95.3 Å². The highest BCUT2D eigenvalue weighted by Crippen LogP contribution is 2.43. The van der Waals surface area contributed by atoms with Crippen molar-refractivity contribution in [1.29, 1.82) is 0 Å². The van der Waals surface area contributed by atoms with Gasteiger partial charge < -0.3 is 34.3 Å². The van der Waals surface area contributed by atoms with Crippen molar-refractivity contribution < 1.29 is 32.9 Å². The Labute approximate surface area is 356 Å². The maximum absolute atomic E-state index is 14.5. The van der Waals surface area contributed by atoms with Crippen LogP contribution in [0.3, 0.4) is 0 Å². The van der Waals surface area contributed by atoms with Crippen LogP contribution in [0.1, 0.15) is 144 Å². The number of H-pyrrole nitrogens is 2. The van der Waals surface area contributed by atoms with E-state index in [-0.39, 0.29) is 54.1 Å². The van der Waals surface area contributed by atoms with E-state index in [1.54, 1.807) is 6.92 Å². The molecule has 326 valence electrons. The number of ether oxygens (including phenoxy) is 1. The van der Waals surface area contributed by atoms with E-state index in [1.807, 2.05) is 32.0 Å². The van der Waals surface area contributed by atoms with Gasteiger partial charge in [0.15, 0.2) is 5.78 Å². The van der Waals surface area contributed by atoms with Crippen LogP contribution in [0.25, 0.3) is 22.1 Å². The van der Waals surface area contributed by atoms with Gasteiger partial charge in [0.05, 0.1) is 91.2 Å². The third-order valence-corrected chi connectivity index (χ3v) is 12.3. The number of carbonyl (C=O) groups excluding carboxylic acids is 4. The van der Waals surface area contributed by atoms with Gasteiger partial charge in [-0.1, -0.05) is 20.8 Å². The zero-order valence-corrected chi connectivity index (χ0v) is 38.4. The maximum Gasteiger partial charge on any atom is 0.310 e. The summed E-state index contributed by atoms with van der Waals surface area (Å²) >= 11 is 0. The fourth-order valence-corrected chi connectivity index (χ4v) is 8.85. The van der Waals surface area contributed by atoms with Crippen molar-refractivity contribution in [3.8, 4) is 0 Å². The van der Waals surface area contributed by atoms with E-state index in [4.69, 9.17) is 14.7 Å². The number of methoxy groups -OCH3 is 1. The summed E-state index contributed by atoms with van der Waals surface area (Å²) in [7, 11) is 14.1. The first-order valence-corrected chi connectivity index (χ1v) is 21.6. The number of Topliss-reactive ketones (excluding diaryl/α,β-unsaturated/α-hetero) is 1. The molecule has 4 atom stereocenters. The summed E-state index contributed by atoms with van der Waals surface area (Å²) in [6, 6.07) is 6.02. The van der Waals surface area contributed by atoms with Gasteiger partial charge >= 0.3 is 5.97 Å². The van der Waals surface area contributed by atoms with E-state index in [0.29, 0.717) is 52.9 Å². The van der Waals surface area contributed by atoms with Crippen LogP contribution in [0.4, 0.5) is 0 Å². The van der Waals surface area contributed by atoms with Crippen molar-refractivity contribution in [3.05, 3.63) is 68.8 Å². The summed E-state index contributed by atoms with van der Waals surface area (Å²) in [5.74, 6) is -1.12. The second-order valence-corrected chi connectivity index (χ2v) is 19.0. The number of hydrogen-bond acceptors (Lipinski definition) is 7. The van der Waals surface area contributed by atoms with Gasteiger partial charge in [0.2, 0.25) is 5.91 Å². The smallest absolute Gasteiger partial charge is 0.310 e. The van der Waals surface area contributed by atoms with E-state index in [2.05, 4.69) is 83.7 Å². The Morgan fingerprint density at radius 1 is 0.750 bits per heavy atom. The third-order valence-electron chi connectivity index (χ3n) is 12.3. The molecular weight excluding hydrogens is 757 g/mol. The number of rotatable bonds is 16. The molecule has 13 heteroatoms. The number of quaternary nitrogens is 2. The zero-order chi connectivity index (χ0) is 44.3. The molecule has 0 fully saturated rings. The highest BCUT2D eigenvalue weighted by atomic mass is 16.5. The minimum atomic E-state index is -0.473. The Bertz CT molecular complexity index is 2270. The van der Waals surface area contributed by atoms with Gasteiger partial charge in [-0.15, -0.1) is 0 Å². The van der Waals surface area contributed by atoms with E-state index in [9.17, 15) is 19.2 Å². The Balaban J connectivity index is 1.82. The van der Waals surface area contributed by atoms with Gasteiger partial charge in [-0.25, -0.2) is 0 Å². The molecular formula is C47H70N8O5+2. The molecule has 0 radical (unpaired) electrons. The van der Waals surface area contributed by atoms with E-state index < -0.39 is 5.97 Å². The standard InChI is InChI=1S/C47H68N8O5/c1-14-32-27(2)35-26-40-43(31(6)56)29(4)37(51-40)24-36-28(3)33(17-18-41(57)48-19-15-21-54(7,8)9)45(52-36)34(23-42(58)60-13)46-44(30(5)38(53-46)25-39(32)50-35)47(59)49-20-16-22-55(10,11)12/h24-28,32-33H,14-23H2,1-13H3,(H2-2,48,49,50,51,52,53,56,57,59)/p+2/t27-,28+,32-,33+/m1/s1.